The summed E-state index contributed by atoms with van der Waals surface area (Å²) in [6, 6.07) is 2.99. The van der Waals surface area contributed by atoms with E-state index in [0.29, 0.717) is 12.1 Å². The van der Waals surface area contributed by atoms with Gasteiger partial charge in [-0.1, -0.05) is 0 Å². The molecule has 2 N–H and O–H groups in total. The van der Waals surface area contributed by atoms with Crippen LogP contribution in [0.4, 0.5) is 14.5 Å². The second kappa shape index (κ2) is 7.94. The van der Waals surface area contributed by atoms with Crippen molar-refractivity contribution in [2.45, 2.75) is 32.2 Å². The highest BCUT2D eigenvalue weighted by Gasteiger charge is 2.30. The Balaban J connectivity index is 1.79. The van der Waals surface area contributed by atoms with Crippen LogP contribution in [0, 0.1) is 11.6 Å². The number of nitrogens with one attached hydrogen (secondary N) is 1. The van der Waals surface area contributed by atoms with E-state index in [-0.39, 0.29) is 24.7 Å². The first-order valence-corrected chi connectivity index (χ1v) is 7.86. The van der Waals surface area contributed by atoms with Gasteiger partial charge in [0, 0.05) is 18.7 Å². The van der Waals surface area contributed by atoms with Crippen molar-refractivity contribution in [2.24, 2.45) is 0 Å². The summed E-state index contributed by atoms with van der Waals surface area (Å²) >= 11 is 0. The number of rotatable bonds is 8. The summed E-state index contributed by atoms with van der Waals surface area (Å²) in [5.41, 5.74) is -0.870. The molecule has 1 amide bonds. The molecule has 0 unspecified atom stereocenters. The van der Waals surface area contributed by atoms with E-state index in [4.69, 9.17) is 9.84 Å². The lowest BCUT2D eigenvalue weighted by molar-refractivity contribution is -0.146. The number of hydrogen-bond acceptors (Lipinski definition) is 4. The molecule has 1 aromatic heterocycles. The Bertz CT molecular complexity index is 805. The Kier molecular flexibility index (Phi) is 5.91. The van der Waals surface area contributed by atoms with Gasteiger partial charge in [-0.25, -0.2) is 13.6 Å². The van der Waals surface area contributed by atoms with Gasteiger partial charge in [-0.05, 0) is 32.4 Å². The van der Waals surface area contributed by atoms with Crippen LogP contribution < -0.4 is 10.1 Å². The van der Waals surface area contributed by atoms with Crippen LogP contribution in [0.2, 0.25) is 0 Å². The minimum absolute atomic E-state index is 0.0796. The number of anilines is 1. The maximum Gasteiger partial charge on any atom is 0.331 e. The second-order valence-electron chi connectivity index (χ2n) is 6.11. The number of hydrogen-bond donors (Lipinski definition) is 2. The topological polar surface area (TPSA) is 93.5 Å². The molecule has 0 fully saturated rings. The van der Waals surface area contributed by atoms with Crippen LogP contribution in [-0.4, -0.2) is 33.4 Å². The van der Waals surface area contributed by atoms with Crippen LogP contribution in [0.3, 0.4) is 0 Å². The molecule has 0 aliphatic heterocycles. The molecule has 0 bridgehead atoms. The Morgan fingerprint density at radius 3 is 2.73 bits per heavy atom. The molecule has 26 heavy (non-hydrogen) atoms. The van der Waals surface area contributed by atoms with E-state index in [1.165, 1.54) is 37.0 Å². The van der Waals surface area contributed by atoms with E-state index >= 15 is 0 Å². The van der Waals surface area contributed by atoms with Crippen molar-refractivity contribution < 1.29 is 28.2 Å². The summed E-state index contributed by atoms with van der Waals surface area (Å²) in [6.07, 6.45) is 3.21. The number of aliphatic carboxylic acids is 1. The van der Waals surface area contributed by atoms with Gasteiger partial charge in [-0.2, -0.15) is 5.10 Å². The molecular formula is C17H19F2N3O4. The average Bonchev–Trinajstić information content (AvgIpc) is 3.02. The lowest BCUT2D eigenvalue weighted by Crippen LogP contribution is -2.35. The number of carboxylic acids is 1. The van der Waals surface area contributed by atoms with Crippen molar-refractivity contribution >= 4 is 17.6 Å². The Hall–Kier alpha value is -2.97. The third-order valence-corrected chi connectivity index (χ3v) is 3.66. The van der Waals surface area contributed by atoms with Crippen molar-refractivity contribution in [3.8, 4) is 5.75 Å². The fourth-order valence-corrected chi connectivity index (χ4v) is 2.02. The number of carbonyl (C=O) groups excluding carboxylic acids is 1. The summed E-state index contributed by atoms with van der Waals surface area (Å²) in [6.45, 7) is 3.06. The second-order valence-corrected chi connectivity index (χ2v) is 6.11. The van der Waals surface area contributed by atoms with E-state index < -0.39 is 23.1 Å². The largest absolute Gasteiger partial charge is 0.491 e. The number of benzene rings is 1. The summed E-state index contributed by atoms with van der Waals surface area (Å²) in [7, 11) is 0. The zero-order valence-corrected chi connectivity index (χ0v) is 14.3. The van der Waals surface area contributed by atoms with Gasteiger partial charge in [0.1, 0.15) is 5.82 Å². The zero-order chi connectivity index (χ0) is 19.3. The van der Waals surface area contributed by atoms with Crippen LogP contribution >= 0.6 is 0 Å². The van der Waals surface area contributed by atoms with Gasteiger partial charge in [0.15, 0.2) is 17.1 Å². The molecule has 0 aliphatic rings. The molecular weight excluding hydrogens is 348 g/mol. The van der Waals surface area contributed by atoms with Gasteiger partial charge < -0.3 is 15.2 Å². The van der Waals surface area contributed by atoms with Crippen LogP contribution in [0.5, 0.6) is 5.75 Å². The SMILES string of the molecule is CC(C)(C(=O)O)n1cc(NC(=O)CCCOc2ccc(F)cc2F)cn1. The number of ether oxygens (including phenoxy) is 1. The molecule has 1 heterocycles. The maximum absolute atomic E-state index is 13.4. The van der Waals surface area contributed by atoms with E-state index in [2.05, 4.69) is 10.4 Å². The number of carboxylic acid groups (broad SMARTS) is 1. The summed E-state index contributed by atoms with van der Waals surface area (Å²) < 4.78 is 32.6. The first-order chi connectivity index (χ1) is 12.2. The summed E-state index contributed by atoms with van der Waals surface area (Å²) in [4.78, 5) is 23.1. The standard InChI is InChI=1S/C17H19F2N3O4/c1-17(2,16(24)25)22-10-12(9-20-22)21-15(23)4-3-7-26-14-6-5-11(18)8-13(14)19/h5-6,8-10H,3-4,7H2,1-2H3,(H,21,23)(H,24,25). The fourth-order valence-electron chi connectivity index (χ4n) is 2.02. The molecule has 0 saturated heterocycles. The van der Waals surface area contributed by atoms with Crippen molar-refractivity contribution in [2.75, 3.05) is 11.9 Å². The van der Waals surface area contributed by atoms with Crippen molar-refractivity contribution in [3.05, 3.63) is 42.2 Å². The van der Waals surface area contributed by atoms with Gasteiger partial charge in [0.2, 0.25) is 5.91 Å². The van der Waals surface area contributed by atoms with Crippen LogP contribution in [0.25, 0.3) is 0 Å². The number of amides is 1. The van der Waals surface area contributed by atoms with E-state index in [0.717, 1.165) is 12.1 Å². The summed E-state index contributed by atoms with van der Waals surface area (Å²) in [5, 5.41) is 15.7. The predicted octanol–water partition coefficient (Wildman–Crippen LogP) is 2.78. The highest BCUT2D eigenvalue weighted by atomic mass is 19.1. The van der Waals surface area contributed by atoms with E-state index in [9.17, 15) is 18.4 Å². The molecule has 0 aliphatic carbocycles. The number of nitrogens with zero attached hydrogens (tertiary/aromatic N) is 2. The predicted molar refractivity (Wildman–Crippen MR) is 88.9 cm³/mol. The van der Waals surface area contributed by atoms with Gasteiger partial charge in [-0.15, -0.1) is 0 Å². The smallest absolute Gasteiger partial charge is 0.331 e. The first kappa shape index (κ1) is 19.4. The third-order valence-electron chi connectivity index (χ3n) is 3.66. The molecule has 7 nitrogen and oxygen atoms in total. The number of halogens is 2. The first-order valence-electron chi connectivity index (χ1n) is 7.86. The molecule has 2 rings (SSSR count). The minimum atomic E-state index is -1.24. The zero-order valence-electron chi connectivity index (χ0n) is 14.3. The number of aromatic nitrogens is 2. The molecule has 0 radical (unpaired) electrons. The van der Waals surface area contributed by atoms with E-state index in [1.54, 1.807) is 0 Å². The summed E-state index contributed by atoms with van der Waals surface area (Å²) in [5.74, 6) is -2.95. The quantitative estimate of drug-likeness (QED) is 0.700. The fraction of sp³-hybridized carbons (Fsp3) is 0.353. The van der Waals surface area contributed by atoms with Gasteiger partial charge >= 0.3 is 5.97 Å². The van der Waals surface area contributed by atoms with Crippen LogP contribution in [-0.2, 0) is 15.1 Å². The van der Waals surface area contributed by atoms with Crippen molar-refractivity contribution in [1.29, 1.82) is 0 Å². The molecule has 0 atom stereocenters. The average molecular weight is 367 g/mol. The maximum atomic E-state index is 13.4. The van der Waals surface area contributed by atoms with Crippen LogP contribution in [0.15, 0.2) is 30.6 Å². The Labute approximate surface area is 148 Å². The Morgan fingerprint density at radius 1 is 1.35 bits per heavy atom. The highest BCUT2D eigenvalue weighted by molar-refractivity contribution is 5.90. The lowest BCUT2D eigenvalue weighted by Gasteiger charge is -2.19. The van der Waals surface area contributed by atoms with Crippen molar-refractivity contribution in [1.82, 2.24) is 9.78 Å². The van der Waals surface area contributed by atoms with Gasteiger partial charge in [0.25, 0.3) is 0 Å². The van der Waals surface area contributed by atoms with Gasteiger partial charge in [0.05, 0.1) is 18.5 Å². The van der Waals surface area contributed by atoms with E-state index in [1.807, 2.05) is 0 Å². The monoisotopic (exact) mass is 367 g/mol. The van der Waals surface area contributed by atoms with Gasteiger partial charge in [-0.3, -0.25) is 9.48 Å². The highest BCUT2D eigenvalue weighted by Crippen LogP contribution is 2.19. The molecule has 9 heteroatoms. The van der Waals surface area contributed by atoms with Crippen molar-refractivity contribution in [3.63, 3.8) is 0 Å². The molecule has 0 spiro atoms. The molecule has 2 aromatic rings. The lowest BCUT2D eigenvalue weighted by atomic mass is 10.1. The number of carbonyl (C=O) groups is 2. The molecule has 0 saturated carbocycles. The molecule has 140 valence electrons. The third kappa shape index (κ3) is 4.78. The van der Waals surface area contributed by atoms with Crippen LogP contribution in [0.1, 0.15) is 26.7 Å². The Morgan fingerprint density at radius 2 is 2.08 bits per heavy atom. The minimum Gasteiger partial charge on any atom is -0.491 e. The molecule has 1 aromatic carbocycles. The normalized spacial score (nSPS) is 11.2.